The third-order valence-electron chi connectivity index (χ3n) is 4.45. The minimum Gasteiger partial charge on any atom is -0.486 e. The lowest BCUT2D eigenvalue weighted by Gasteiger charge is -2.24. The van der Waals surface area contributed by atoms with Gasteiger partial charge in [-0.25, -0.2) is 0 Å². The lowest BCUT2D eigenvalue weighted by molar-refractivity contribution is -0.122. The molecular weight excluding hydrogens is 417 g/mol. The van der Waals surface area contributed by atoms with Crippen LogP contribution in [0.25, 0.3) is 0 Å². The van der Waals surface area contributed by atoms with Gasteiger partial charge in [0.1, 0.15) is 13.2 Å². The smallest absolute Gasteiger partial charge is 0.241 e. The molecule has 29 heavy (non-hydrogen) atoms. The third kappa shape index (κ3) is 5.53. The molecule has 2 N–H and O–H groups in total. The zero-order valence-electron chi connectivity index (χ0n) is 16.0. The van der Waals surface area contributed by atoms with Gasteiger partial charge in [-0.3, -0.25) is 14.5 Å². The molecule has 0 fully saturated rings. The van der Waals surface area contributed by atoms with Crippen LogP contribution in [0, 0.1) is 0 Å². The molecule has 1 unspecified atom stereocenters. The van der Waals surface area contributed by atoms with Gasteiger partial charge in [0, 0.05) is 17.4 Å². The van der Waals surface area contributed by atoms with Gasteiger partial charge >= 0.3 is 0 Å². The molecule has 2 aromatic rings. The monoisotopic (exact) mass is 437 g/mol. The van der Waals surface area contributed by atoms with Crippen molar-refractivity contribution in [2.75, 3.05) is 37.4 Å². The maximum Gasteiger partial charge on any atom is 0.241 e. The average Bonchev–Trinajstić information content (AvgIpc) is 2.70. The predicted molar refractivity (Wildman–Crippen MR) is 113 cm³/mol. The quantitative estimate of drug-likeness (QED) is 0.720. The molecule has 3 rings (SSSR count). The van der Waals surface area contributed by atoms with E-state index in [1.54, 1.807) is 55.3 Å². The van der Waals surface area contributed by atoms with E-state index in [1.165, 1.54) is 0 Å². The fourth-order valence-electron chi connectivity index (χ4n) is 2.71. The summed E-state index contributed by atoms with van der Waals surface area (Å²) in [6.45, 7) is 2.72. The minimum absolute atomic E-state index is 0.0238. The van der Waals surface area contributed by atoms with E-state index in [0.29, 0.717) is 46.1 Å². The van der Waals surface area contributed by atoms with Gasteiger partial charge < -0.3 is 20.1 Å². The van der Waals surface area contributed by atoms with Crippen molar-refractivity contribution >= 4 is 46.4 Å². The number of nitrogens with one attached hydrogen (secondary N) is 2. The van der Waals surface area contributed by atoms with Crippen LogP contribution >= 0.6 is 23.2 Å². The normalized spacial score (nSPS) is 13.7. The number of ether oxygens (including phenoxy) is 2. The molecule has 1 atom stereocenters. The second-order valence-corrected chi connectivity index (χ2v) is 7.43. The van der Waals surface area contributed by atoms with Gasteiger partial charge in [0.05, 0.1) is 22.6 Å². The van der Waals surface area contributed by atoms with Crippen molar-refractivity contribution in [1.29, 1.82) is 0 Å². The molecule has 0 radical (unpaired) electrons. The van der Waals surface area contributed by atoms with E-state index >= 15 is 0 Å². The molecule has 0 aromatic heterocycles. The highest BCUT2D eigenvalue weighted by Crippen LogP contribution is 2.32. The number of rotatable bonds is 6. The highest BCUT2D eigenvalue weighted by Gasteiger charge is 2.21. The number of anilines is 2. The predicted octanol–water partition coefficient (Wildman–Crippen LogP) is 3.66. The summed E-state index contributed by atoms with van der Waals surface area (Å²) in [6.07, 6.45) is 0. The Balaban J connectivity index is 1.54. The lowest BCUT2D eigenvalue weighted by atomic mass is 10.2. The van der Waals surface area contributed by atoms with Gasteiger partial charge in [0.2, 0.25) is 11.8 Å². The van der Waals surface area contributed by atoms with Crippen LogP contribution in [0.15, 0.2) is 36.4 Å². The fourth-order valence-corrected chi connectivity index (χ4v) is 3.00. The summed E-state index contributed by atoms with van der Waals surface area (Å²) < 4.78 is 11.0. The number of amides is 2. The van der Waals surface area contributed by atoms with E-state index in [-0.39, 0.29) is 18.4 Å². The Morgan fingerprint density at radius 2 is 1.66 bits per heavy atom. The molecule has 0 bridgehead atoms. The molecule has 9 heteroatoms. The van der Waals surface area contributed by atoms with Crippen LogP contribution in [0.2, 0.25) is 10.0 Å². The Morgan fingerprint density at radius 3 is 2.38 bits per heavy atom. The van der Waals surface area contributed by atoms with E-state index in [2.05, 4.69) is 10.6 Å². The highest BCUT2D eigenvalue weighted by atomic mass is 35.5. The molecule has 0 saturated carbocycles. The summed E-state index contributed by atoms with van der Waals surface area (Å²) in [6, 6.07) is 9.51. The molecule has 0 aliphatic carbocycles. The number of likely N-dealkylation sites (N-methyl/N-ethyl adjacent to an activating group) is 1. The van der Waals surface area contributed by atoms with Gasteiger partial charge in [-0.1, -0.05) is 23.2 Å². The summed E-state index contributed by atoms with van der Waals surface area (Å²) in [5, 5.41) is 6.32. The largest absolute Gasteiger partial charge is 0.486 e. The maximum atomic E-state index is 12.6. The number of benzene rings is 2. The van der Waals surface area contributed by atoms with E-state index in [9.17, 15) is 9.59 Å². The number of carbonyl (C=O) groups is 2. The highest BCUT2D eigenvalue weighted by molar-refractivity contribution is 6.42. The number of halogens is 2. The Labute approximate surface area is 178 Å². The summed E-state index contributed by atoms with van der Waals surface area (Å²) >= 11 is 11.8. The van der Waals surface area contributed by atoms with Crippen LogP contribution in [-0.2, 0) is 9.59 Å². The summed E-state index contributed by atoms with van der Waals surface area (Å²) in [5.41, 5.74) is 1.13. The van der Waals surface area contributed by atoms with Crippen molar-refractivity contribution in [3.63, 3.8) is 0 Å². The van der Waals surface area contributed by atoms with Crippen molar-refractivity contribution in [3.8, 4) is 11.5 Å². The standard InChI is InChI=1S/C20H21Cl2N3O4/c1-12(20(27)24-14-4-6-17-18(10-14)29-8-7-28-17)25(2)11-19(26)23-13-3-5-15(21)16(22)9-13/h3-6,9-10,12H,7-8,11H2,1-2H3,(H,23,26)(H,24,27). The van der Waals surface area contributed by atoms with Gasteiger partial charge in [0.15, 0.2) is 11.5 Å². The lowest BCUT2D eigenvalue weighted by Crippen LogP contribution is -2.43. The van der Waals surface area contributed by atoms with Gasteiger partial charge in [0.25, 0.3) is 0 Å². The zero-order chi connectivity index (χ0) is 21.0. The van der Waals surface area contributed by atoms with Crippen LogP contribution < -0.4 is 20.1 Å². The molecule has 7 nitrogen and oxygen atoms in total. The van der Waals surface area contributed by atoms with E-state index in [0.717, 1.165) is 0 Å². The number of nitrogens with zero attached hydrogens (tertiary/aromatic N) is 1. The molecular formula is C20H21Cl2N3O4. The maximum absolute atomic E-state index is 12.6. The Kier molecular flexibility index (Phi) is 6.84. The van der Waals surface area contributed by atoms with Crippen molar-refractivity contribution in [1.82, 2.24) is 4.90 Å². The average molecular weight is 438 g/mol. The van der Waals surface area contributed by atoms with Gasteiger partial charge in [-0.2, -0.15) is 0 Å². The van der Waals surface area contributed by atoms with Crippen LogP contribution in [0.3, 0.4) is 0 Å². The molecule has 1 heterocycles. The first-order chi connectivity index (χ1) is 13.8. The van der Waals surface area contributed by atoms with Crippen molar-refractivity contribution in [2.45, 2.75) is 13.0 Å². The number of hydrogen-bond donors (Lipinski definition) is 2. The van der Waals surface area contributed by atoms with Crippen molar-refractivity contribution in [3.05, 3.63) is 46.4 Å². The molecule has 1 aliphatic rings. The Bertz CT molecular complexity index is 923. The fraction of sp³-hybridized carbons (Fsp3) is 0.300. The molecule has 154 valence electrons. The SMILES string of the molecule is CC(C(=O)Nc1ccc2c(c1)OCCO2)N(C)CC(=O)Nc1ccc(Cl)c(Cl)c1. The number of carbonyl (C=O) groups excluding carboxylic acids is 2. The second-order valence-electron chi connectivity index (χ2n) is 6.62. The topological polar surface area (TPSA) is 79.9 Å². The van der Waals surface area contributed by atoms with E-state index in [4.69, 9.17) is 32.7 Å². The molecule has 0 saturated heterocycles. The number of fused-ring (bicyclic) bond motifs is 1. The number of hydrogen-bond acceptors (Lipinski definition) is 5. The molecule has 0 spiro atoms. The first kappa shape index (κ1) is 21.2. The first-order valence-corrected chi connectivity index (χ1v) is 9.75. The van der Waals surface area contributed by atoms with Crippen LogP contribution in [-0.4, -0.2) is 49.6 Å². The van der Waals surface area contributed by atoms with E-state index in [1.807, 2.05) is 0 Å². The molecule has 2 amide bonds. The first-order valence-electron chi connectivity index (χ1n) is 8.99. The minimum atomic E-state index is -0.539. The van der Waals surface area contributed by atoms with E-state index < -0.39 is 6.04 Å². The molecule has 1 aliphatic heterocycles. The summed E-state index contributed by atoms with van der Waals surface area (Å²) in [7, 11) is 1.70. The summed E-state index contributed by atoms with van der Waals surface area (Å²) in [5.74, 6) is 0.728. The zero-order valence-corrected chi connectivity index (χ0v) is 17.5. The van der Waals surface area contributed by atoms with Gasteiger partial charge in [-0.05, 0) is 44.3 Å². The molecule has 2 aromatic carbocycles. The summed E-state index contributed by atoms with van der Waals surface area (Å²) in [4.78, 5) is 26.5. The van der Waals surface area contributed by atoms with Crippen LogP contribution in [0.4, 0.5) is 11.4 Å². The Morgan fingerprint density at radius 1 is 1.00 bits per heavy atom. The second kappa shape index (κ2) is 9.35. The van der Waals surface area contributed by atoms with Crippen molar-refractivity contribution < 1.29 is 19.1 Å². The van der Waals surface area contributed by atoms with Crippen molar-refractivity contribution in [2.24, 2.45) is 0 Å². The Hall–Kier alpha value is -2.48. The third-order valence-corrected chi connectivity index (χ3v) is 5.19. The van der Waals surface area contributed by atoms with Crippen LogP contribution in [0.1, 0.15) is 6.92 Å². The van der Waals surface area contributed by atoms with Gasteiger partial charge in [-0.15, -0.1) is 0 Å². The van der Waals surface area contributed by atoms with Crippen LogP contribution in [0.5, 0.6) is 11.5 Å².